The predicted molar refractivity (Wildman–Crippen MR) is 64.5 cm³/mol. The lowest BCUT2D eigenvalue weighted by Gasteiger charge is -2.28. The van der Waals surface area contributed by atoms with E-state index in [1.165, 1.54) is 30.4 Å². The number of nitrogens with two attached hydrogens (primary N) is 1. The molecule has 0 saturated heterocycles. The molecule has 1 heterocycles. The molecule has 0 aromatic heterocycles. The maximum Gasteiger partial charge on any atom is 0.127 e. The molecule has 2 N–H and O–H groups in total. The average Bonchev–Trinajstić information content (AvgIpc) is 2.70. The Hall–Kier alpha value is -1.02. The van der Waals surface area contributed by atoms with Crippen LogP contribution in [-0.2, 0) is 6.42 Å². The van der Waals surface area contributed by atoms with E-state index in [2.05, 4.69) is 18.2 Å². The summed E-state index contributed by atoms with van der Waals surface area (Å²) in [6.07, 6.45) is 6.28. The van der Waals surface area contributed by atoms with Crippen molar-refractivity contribution in [3.63, 3.8) is 0 Å². The highest BCUT2D eigenvalue weighted by molar-refractivity contribution is 5.45. The van der Waals surface area contributed by atoms with Crippen LogP contribution in [0.3, 0.4) is 0 Å². The second-order valence-corrected chi connectivity index (χ2v) is 5.07. The molecule has 1 aliphatic carbocycles. The predicted octanol–water partition coefficient (Wildman–Crippen LogP) is 2.81. The monoisotopic (exact) mass is 217 g/mol. The Balaban J connectivity index is 1.79. The van der Waals surface area contributed by atoms with Gasteiger partial charge in [0.25, 0.3) is 0 Å². The maximum absolute atomic E-state index is 6.30. The van der Waals surface area contributed by atoms with Crippen molar-refractivity contribution in [3.8, 4) is 5.75 Å². The van der Waals surface area contributed by atoms with Gasteiger partial charge >= 0.3 is 0 Å². The highest BCUT2D eigenvalue weighted by Gasteiger charge is 2.24. The number of benzene rings is 1. The summed E-state index contributed by atoms with van der Waals surface area (Å²) in [7, 11) is 0. The summed E-state index contributed by atoms with van der Waals surface area (Å²) in [4.78, 5) is 0. The summed E-state index contributed by atoms with van der Waals surface area (Å²) in [5.74, 6) is 1.93. The number of para-hydroxylation sites is 1. The zero-order chi connectivity index (χ0) is 11.0. The normalized spacial score (nSPS) is 21.1. The zero-order valence-electron chi connectivity index (χ0n) is 9.61. The molecule has 0 amide bonds. The lowest BCUT2D eigenvalue weighted by atomic mass is 9.79. The minimum absolute atomic E-state index is 0.165. The summed E-state index contributed by atoms with van der Waals surface area (Å²) in [6.45, 7) is 0.822. The maximum atomic E-state index is 6.30. The molecule has 0 spiro atoms. The fourth-order valence-corrected chi connectivity index (χ4v) is 2.75. The number of ether oxygens (including phenoxy) is 1. The van der Waals surface area contributed by atoms with Gasteiger partial charge in [0.15, 0.2) is 0 Å². The minimum Gasteiger partial charge on any atom is -0.493 e. The second kappa shape index (κ2) is 4.10. The van der Waals surface area contributed by atoms with Gasteiger partial charge in [0.1, 0.15) is 5.75 Å². The van der Waals surface area contributed by atoms with E-state index >= 15 is 0 Å². The smallest absolute Gasteiger partial charge is 0.127 e. The molecular weight excluding hydrogens is 198 g/mol. The van der Waals surface area contributed by atoms with Crippen molar-refractivity contribution in [2.24, 2.45) is 11.7 Å². The van der Waals surface area contributed by atoms with Gasteiger partial charge in [-0.15, -0.1) is 0 Å². The van der Waals surface area contributed by atoms with Crippen molar-refractivity contribution < 1.29 is 4.74 Å². The van der Waals surface area contributed by atoms with Crippen LogP contribution in [0.2, 0.25) is 0 Å². The van der Waals surface area contributed by atoms with Gasteiger partial charge < -0.3 is 10.5 Å². The van der Waals surface area contributed by atoms with Gasteiger partial charge in [-0.05, 0) is 17.9 Å². The van der Waals surface area contributed by atoms with Crippen LogP contribution >= 0.6 is 0 Å². The molecule has 16 heavy (non-hydrogen) atoms. The molecule has 3 rings (SSSR count). The molecule has 1 fully saturated rings. The van der Waals surface area contributed by atoms with Crippen molar-refractivity contribution in [1.82, 2.24) is 0 Å². The average molecular weight is 217 g/mol. The third-order valence-electron chi connectivity index (χ3n) is 3.96. The Morgan fingerprint density at radius 3 is 3.00 bits per heavy atom. The second-order valence-electron chi connectivity index (χ2n) is 5.07. The van der Waals surface area contributed by atoms with Crippen molar-refractivity contribution in [2.75, 3.05) is 6.61 Å². The Morgan fingerprint density at radius 2 is 2.25 bits per heavy atom. The third-order valence-corrected chi connectivity index (χ3v) is 3.96. The minimum atomic E-state index is 0.165. The molecule has 2 nitrogen and oxygen atoms in total. The SMILES string of the molecule is NC(CC1CCC1)c1cccc2c1OCC2. The fraction of sp³-hybridized carbons (Fsp3) is 0.571. The zero-order valence-corrected chi connectivity index (χ0v) is 9.61. The molecule has 1 aromatic rings. The van der Waals surface area contributed by atoms with Crippen LogP contribution in [0.5, 0.6) is 5.75 Å². The van der Waals surface area contributed by atoms with E-state index in [1.54, 1.807) is 0 Å². The highest BCUT2D eigenvalue weighted by atomic mass is 16.5. The highest BCUT2D eigenvalue weighted by Crippen LogP contribution is 2.38. The molecule has 1 atom stereocenters. The van der Waals surface area contributed by atoms with Crippen molar-refractivity contribution in [3.05, 3.63) is 29.3 Å². The third kappa shape index (κ3) is 1.71. The van der Waals surface area contributed by atoms with Crippen LogP contribution in [0.25, 0.3) is 0 Å². The van der Waals surface area contributed by atoms with Gasteiger partial charge in [-0.3, -0.25) is 0 Å². The van der Waals surface area contributed by atoms with E-state index in [1.807, 2.05) is 0 Å². The van der Waals surface area contributed by atoms with Crippen molar-refractivity contribution >= 4 is 0 Å². The van der Waals surface area contributed by atoms with Crippen molar-refractivity contribution in [1.29, 1.82) is 0 Å². The summed E-state index contributed by atoms with van der Waals surface area (Å²) >= 11 is 0. The summed E-state index contributed by atoms with van der Waals surface area (Å²) in [5, 5.41) is 0. The van der Waals surface area contributed by atoms with Crippen LogP contribution in [0, 0.1) is 5.92 Å². The van der Waals surface area contributed by atoms with E-state index in [9.17, 15) is 0 Å². The Kier molecular flexibility index (Phi) is 2.60. The van der Waals surface area contributed by atoms with Crippen molar-refractivity contribution in [2.45, 2.75) is 38.1 Å². The molecule has 1 unspecified atom stereocenters. The molecule has 0 radical (unpaired) electrons. The lowest BCUT2D eigenvalue weighted by Crippen LogP contribution is -2.20. The van der Waals surface area contributed by atoms with Gasteiger partial charge in [0.2, 0.25) is 0 Å². The van der Waals surface area contributed by atoms with E-state index in [0.29, 0.717) is 0 Å². The summed E-state index contributed by atoms with van der Waals surface area (Å²) < 4.78 is 5.70. The van der Waals surface area contributed by atoms with E-state index in [0.717, 1.165) is 31.1 Å². The van der Waals surface area contributed by atoms with E-state index < -0.39 is 0 Å². The number of rotatable bonds is 3. The van der Waals surface area contributed by atoms with Crippen LogP contribution < -0.4 is 10.5 Å². The molecular formula is C14H19NO. The summed E-state index contributed by atoms with van der Waals surface area (Å²) in [5.41, 5.74) is 8.86. The molecule has 1 aromatic carbocycles. The first-order chi connectivity index (χ1) is 7.84. The number of hydrogen-bond acceptors (Lipinski definition) is 2. The first-order valence-electron chi connectivity index (χ1n) is 6.35. The standard InChI is InChI=1S/C14H19NO/c15-13(9-10-3-1-4-10)12-6-2-5-11-7-8-16-14(11)12/h2,5-6,10,13H,1,3-4,7-9,15H2. The van der Waals surface area contributed by atoms with Gasteiger partial charge in [-0.25, -0.2) is 0 Å². The van der Waals surface area contributed by atoms with E-state index in [-0.39, 0.29) is 6.04 Å². The van der Waals surface area contributed by atoms with Crippen LogP contribution in [0.4, 0.5) is 0 Å². The van der Waals surface area contributed by atoms with Gasteiger partial charge in [0, 0.05) is 18.0 Å². The van der Waals surface area contributed by atoms with Gasteiger partial charge in [0.05, 0.1) is 6.61 Å². The Bertz CT molecular complexity index is 384. The molecule has 86 valence electrons. The molecule has 1 aliphatic heterocycles. The number of hydrogen-bond donors (Lipinski definition) is 1. The first kappa shape index (κ1) is 10.2. The molecule has 2 heteroatoms. The van der Waals surface area contributed by atoms with Gasteiger partial charge in [-0.1, -0.05) is 37.5 Å². The molecule has 2 aliphatic rings. The van der Waals surface area contributed by atoms with Crippen LogP contribution in [-0.4, -0.2) is 6.61 Å². The largest absolute Gasteiger partial charge is 0.493 e. The van der Waals surface area contributed by atoms with Gasteiger partial charge in [-0.2, -0.15) is 0 Å². The summed E-state index contributed by atoms with van der Waals surface area (Å²) in [6, 6.07) is 6.57. The molecule has 1 saturated carbocycles. The first-order valence-corrected chi connectivity index (χ1v) is 6.35. The Morgan fingerprint density at radius 1 is 1.38 bits per heavy atom. The fourth-order valence-electron chi connectivity index (χ4n) is 2.75. The quantitative estimate of drug-likeness (QED) is 0.845. The lowest BCUT2D eigenvalue weighted by molar-refractivity contribution is 0.274. The topological polar surface area (TPSA) is 35.2 Å². The van der Waals surface area contributed by atoms with Crippen LogP contribution in [0.1, 0.15) is 42.9 Å². The Labute approximate surface area is 96.8 Å². The van der Waals surface area contributed by atoms with Crippen LogP contribution in [0.15, 0.2) is 18.2 Å². The van der Waals surface area contributed by atoms with E-state index in [4.69, 9.17) is 10.5 Å². The molecule has 0 bridgehead atoms. The number of fused-ring (bicyclic) bond motifs is 1.